The zero-order valence-electron chi connectivity index (χ0n) is 11.0. The highest BCUT2D eigenvalue weighted by Gasteiger charge is 2.55. The molecule has 0 aromatic heterocycles. The van der Waals surface area contributed by atoms with Crippen LogP contribution in [0.4, 0.5) is 0 Å². The maximum Gasteiger partial charge on any atom is 0.224 e. The summed E-state index contributed by atoms with van der Waals surface area (Å²) in [5.74, 6) is 2.11. The van der Waals surface area contributed by atoms with Gasteiger partial charge in [0.2, 0.25) is 5.91 Å². The zero-order chi connectivity index (χ0) is 12.5. The SMILES string of the molecule is CCC(C)(CCBr)NC(=O)C1C2CCCCC21. The van der Waals surface area contributed by atoms with Crippen molar-refractivity contribution in [1.29, 1.82) is 0 Å². The fraction of sp³-hybridized carbons (Fsp3) is 0.929. The first-order chi connectivity index (χ1) is 8.11. The summed E-state index contributed by atoms with van der Waals surface area (Å²) in [7, 11) is 0. The van der Waals surface area contributed by atoms with Crippen molar-refractivity contribution >= 4 is 21.8 Å². The van der Waals surface area contributed by atoms with Crippen LogP contribution in [0.3, 0.4) is 0 Å². The first-order valence-electron chi connectivity index (χ1n) is 6.99. The van der Waals surface area contributed by atoms with Gasteiger partial charge in [0.05, 0.1) is 0 Å². The van der Waals surface area contributed by atoms with E-state index < -0.39 is 0 Å². The minimum Gasteiger partial charge on any atom is -0.351 e. The molecule has 0 bridgehead atoms. The molecule has 0 aromatic carbocycles. The summed E-state index contributed by atoms with van der Waals surface area (Å²) < 4.78 is 0. The molecule has 0 aliphatic heterocycles. The highest BCUT2D eigenvalue weighted by atomic mass is 79.9. The Labute approximate surface area is 113 Å². The van der Waals surface area contributed by atoms with E-state index in [4.69, 9.17) is 0 Å². The van der Waals surface area contributed by atoms with Crippen molar-refractivity contribution in [1.82, 2.24) is 5.32 Å². The first-order valence-corrected chi connectivity index (χ1v) is 8.11. The third-order valence-electron chi connectivity index (χ3n) is 4.81. The quantitative estimate of drug-likeness (QED) is 0.774. The second-order valence-electron chi connectivity index (χ2n) is 5.98. The number of carbonyl (C=O) groups excluding carboxylic acids is 1. The molecule has 0 radical (unpaired) electrons. The average Bonchev–Trinajstić information content (AvgIpc) is 3.03. The molecule has 0 heterocycles. The highest BCUT2D eigenvalue weighted by Crippen LogP contribution is 2.55. The number of fused-ring (bicyclic) bond motifs is 1. The number of hydrogen-bond donors (Lipinski definition) is 1. The lowest BCUT2D eigenvalue weighted by molar-refractivity contribution is -0.124. The van der Waals surface area contributed by atoms with Gasteiger partial charge in [0.15, 0.2) is 0 Å². The fourth-order valence-electron chi connectivity index (χ4n) is 3.30. The number of rotatable bonds is 5. The second-order valence-corrected chi connectivity index (χ2v) is 6.77. The van der Waals surface area contributed by atoms with Gasteiger partial charge >= 0.3 is 0 Å². The smallest absolute Gasteiger partial charge is 0.224 e. The normalized spacial score (nSPS) is 34.6. The third-order valence-corrected chi connectivity index (χ3v) is 5.21. The van der Waals surface area contributed by atoms with Crippen LogP contribution in [0.5, 0.6) is 0 Å². The van der Waals surface area contributed by atoms with E-state index in [9.17, 15) is 4.79 Å². The summed E-state index contributed by atoms with van der Waals surface area (Å²) >= 11 is 3.48. The van der Waals surface area contributed by atoms with E-state index in [0.29, 0.717) is 23.7 Å². The summed E-state index contributed by atoms with van der Waals surface area (Å²) in [6, 6.07) is 0. The van der Waals surface area contributed by atoms with Crippen LogP contribution in [0.2, 0.25) is 0 Å². The van der Waals surface area contributed by atoms with E-state index in [1.807, 2.05) is 0 Å². The van der Waals surface area contributed by atoms with Gasteiger partial charge in [-0.05, 0) is 44.4 Å². The van der Waals surface area contributed by atoms with Crippen LogP contribution in [-0.2, 0) is 4.79 Å². The largest absolute Gasteiger partial charge is 0.351 e. The number of amides is 1. The van der Waals surface area contributed by atoms with Crippen LogP contribution >= 0.6 is 15.9 Å². The van der Waals surface area contributed by atoms with Gasteiger partial charge in [-0.3, -0.25) is 4.79 Å². The summed E-state index contributed by atoms with van der Waals surface area (Å²) in [6.07, 6.45) is 7.24. The van der Waals surface area contributed by atoms with Crippen molar-refractivity contribution in [2.75, 3.05) is 5.33 Å². The van der Waals surface area contributed by atoms with Crippen molar-refractivity contribution < 1.29 is 4.79 Å². The van der Waals surface area contributed by atoms with Crippen LogP contribution in [0.15, 0.2) is 0 Å². The maximum absolute atomic E-state index is 12.3. The van der Waals surface area contributed by atoms with Gasteiger partial charge in [-0.25, -0.2) is 0 Å². The Morgan fingerprint density at radius 3 is 2.41 bits per heavy atom. The molecule has 17 heavy (non-hydrogen) atoms. The van der Waals surface area contributed by atoms with E-state index in [1.165, 1.54) is 25.7 Å². The Balaban J connectivity index is 1.88. The Morgan fingerprint density at radius 2 is 1.94 bits per heavy atom. The molecule has 1 amide bonds. The molecular weight excluding hydrogens is 278 g/mol. The van der Waals surface area contributed by atoms with E-state index >= 15 is 0 Å². The lowest BCUT2D eigenvalue weighted by Crippen LogP contribution is -2.46. The predicted octanol–water partition coefficient (Wildman–Crippen LogP) is 3.49. The number of carbonyl (C=O) groups is 1. The average molecular weight is 302 g/mol. The van der Waals surface area contributed by atoms with E-state index in [-0.39, 0.29) is 5.54 Å². The minimum absolute atomic E-state index is 0.0215. The van der Waals surface area contributed by atoms with Crippen molar-refractivity contribution in [3.05, 3.63) is 0 Å². The Morgan fingerprint density at radius 1 is 1.35 bits per heavy atom. The standard InChI is InChI=1S/C14H24BrNO/c1-3-14(2,8-9-15)16-13(17)12-10-6-4-5-7-11(10)12/h10-12H,3-9H2,1-2H3,(H,16,17). The number of nitrogens with one attached hydrogen (secondary N) is 1. The van der Waals surface area contributed by atoms with Gasteiger partial charge in [-0.2, -0.15) is 0 Å². The molecule has 2 aliphatic carbocycles. The van der Waals surface area contributed by atoms with Crippen molar-refractivity contribution in [3.63, 3.8) is 0 Å². The molecule has 2 fully saturated rings. The summed E-state index contributed by atoms with van der Waals surface area (Å²) in [5, 5.41) is 4.25. The highest BCUT2D eigenvalue weighted by molar-refractivity contribution is 9.09. The molecule has 3 unspecified atom stereocenters. The monoisotopic (exact) mass is 301 g/mol. The molecule has 0 spiro atoms. The molecule has 98 valence electrons. The van der Waals surface area contributed by atoms with Gasteiger partial charge in [0, 0.05) is 16.8 Å². The molecule has 1 N–H and O–H groups in total. The van der Waals surface area contributed by atoms with E-state index in [2.05, 4.69) is 35.1 Å². The second kappa shape index (κ2) is 5.29. The van der Waals surface area contributed by atoms with Gasteiger partial charge in [0.1, 0.15) is 0 Å². The summed E-state index contributed by atoms with van der Waals surface area (Å²) in [5.41, 5.74) is -0.0215. The molecule has 0 saturated heterocycles. The molecule has 2 aliphatic rings. The fourth-order valence-corrected chi connectivity index (χ4v) is 4.17. The summed E-state index contributed by atoms with van der Waals surface area (Å²) in [6.45, 7) is 4.32. The summed E-state index contributed by atoms with van der Waals surface area (Å²) in [4.78, 5) is 12.3. The topological polar surface area (TPSA) is 29.1 Å². The van der Waals surface area contributed by atoms with Gasteiger partial charge in [0.25, 0.3) is 0 Å². The van der Waals surface area contributed by atoms with Crippen LogP contribution in [-0.4, -0.2) is 16.8 Å². The van der Waals surface area contributed by atoms with Crippen LogP contribution in [0, 0.1) is 17.8 Å². The molecule has 2 nitrogen and oxygen atoms in total. The zero-order valence-corrected chi connectivity index (χ0v) is 12.6. The minimum atomic E-state index is -0.0215. The molecule has 2 rings (SSSR count). The van der Waals surface area contributed by atoms with Gasteiger partial charge in [-0.1, -0.05) is 35.7 Å². The molecule has 0 aromatic rings. The number of hydrogen-bond acceptors (Lipinski definition) is 1. The van der Waals surface area contributed by atoms with E-state index in [1.54, 1.807) is 0 Å². The number of halogens is 1. The lowest BCUT2D eigenvalue weighted by Gasteiger charge is -2.29. The third kappa shape index (κ3) is 2.86. The molecular formula is C14H24BrNO. The Hall–Kier alpha value is -0.0500. The van der Waals surface area contributed by atoms with Crippen LogP contribution in [0.25, 0.3) is 0 Å². The van der Waals surface area contributed by atoms with Gasteiger partial charge in [-0.15, -0.1) is 0 Å². The van der Waals surface area contributed by atoms with Crippen molar-refractivity contribution in [2.24, 2.45) is 17.8 Å². The first kappa shape index (κ1) is 13.4. The lowest BCUT2D eigenvalue weighted by atomic mass is 9.95. The van der Waals surface area contributed by atoms with E-state index in [0.717, 1.165) is 18.2 Å². The van der Waals surface area contributed by atoms with Crippen LogP contribution in [0.1, 0.15) is 52.4 Å². The maximum atomic E-state index is 12.3. The molecule has 3 heteroatoms. The van der Waals surface area contributed by atoms with Gasteiger partial charge < -0.3 is 5.32 Å². The predicted molar refractivity (Wildman–Crippen MR) is 74.2 cm³/mol. The Bertz CT molecular complexity index is 282. The number of alkyl halides is 1. The Kier molecular flexibility index (Phi) is 4.17. The molecule has 2 saturated carbocycles. The van der Waals surface area contributed by atoms with Crippen LogP contribution < -0.4 is 5.32 Å². The molecule has 3 atom stereocenters. The van der Waals surface area contributed by atoms with Crippen molar-refractivity contribution in [2.45, 2.75) is 57.9 Å². The van der Waals surface area contributed by atoms with Crippen molar-refractivity contribution in [3.8, 4) is 0 Å².